The van der Waals surface area contributed by atoms with Crippen molar-refractivity contribution < 1.29 is 13.9 Å². The molecule has 1 aromatic heterocycles. The highest BCUT2D eigenvalue weighted by atomic mass is 19.1. The number of rotatable bonds is 7. The summed E-state index contributed by atoms with van der Waals surface area (Å²) in [5.41, 5.74) is 6.96. The van der Waals surface area contributed by atoms with Crippen LogP contribution in [0.25, 0.3) is 0 Å². The van der Waals surface area contributed by atoms with Crippen LogP contribution in [0.3, 0.4) is 0 Å². The molecule has 1 aromatic carbocycles. The molecule has 3 N–H and O–H groups in total. The van der Waals surface area contributed by atoms with Crippen LogP contribution in [0.1, 0.15) is 28.2 Å². The molecular formula is C16H19FN4O2. The lowest BCUT2D eigenvalue weighted by molar-refractivity contribution is 0.0945. The molecule has 0 atom stereocenters. The number of hydrogen-bond acceptors (Lipinski definition) is 5. The molecule has 0 aliphatic carbocycles. The molecule has 0 fully saturated rings. The van der Waals surface area contributed by atoms with Crippen LogP contribution < -0.4 is 15.8 Å². The molecule has 0 spiro atoms. The quantitative estimate of drug-likeness (QED) is 0.757. The Morgan fingerprint density at radius 1 is 1.35 bits per heavy atom. The number of nitrogens with one attached hydrogen (secondary N) is 1. The zero-order valence-corrected chi connectivity index (χ0v) is 12.9. The summed E-state index contributed by atoms with van der Waals surface area (Å²) in [4.78, 5) is 20.5. The monoisotopic (exact) mass is 318 g/mol. The predicted molar refractivity (Wildman–Crippen MR) is 83.5 cm³/mol. The summed E-state index contributed by atoms with van der Waals surface area (Å²) in [6.45, 7) is 2.87. The zero-order valence-electron chi connectivity index (χ0n) is 12.9. The van der Waals surface area contributed by atoms with E-state index in [1.807, 2.05) is 6.92 Å². The molecule has 122 valence electrons. The van der Waals surface area contributed by atoms with Gasteiger partial charge in [-0.15, -0.1) is 0 Å². The fourth-order valence-electron chi connectivity index (χ4n) is 1.85. The van der Waals surface area contributed by atoms with Gasteiger partial charge in [0, 0.05) is 6.20 Å². The molecule has 0 aliphatic rings. The van der Waals surface area contributed by atoms with Gasteiger partial charge in [0.25, 0.3) is 5.91 Å². The maximum absolute atomic E-state index is 13.4. The van der Waals surface area contributed by atoms with Crippen LogP contribution >= 0.6 is 0 Å². The van der Waals surface area contributed by atoms with Gasteiger partial charge in [-0.3, -0.25) is 14.8 Å². The fraction of sp³-hybridized carbons (Fsp3) is 0.312. The number of ether oxygens (including phenoxy) is 1. The molecule has 1 heterocycles. The first-order valence-electron chi connectivity index (χ1n) is 7.28. The van der Waals surface area contributed by atoms with Gasteiger partial charge in [0.1, 0.15) is 11.6 Å². The minimum absolute atomic E-state index is 0.141. The molecule has 23 heavy (non-hydrogen) atoms. The van der Waals surface area contributed by atoms with E-state index < -0.39 is 11.7 Å². The van der Waals surface area contributed by atoms with Crippen molar-refractivity contribution in [3.05, 3.63) is 53.4 Å². The summed E-state index contributed by atoms with van der Waals surface area (Å²) in [5, 5.41) is 2.68. The number of carbonyl (C=O) groups excluding carboxylic acids is 1. The van der Waals surface area contributed by atoms with E-state index in [1.54, 1.807) is 12.4 Å². The summed E-state index contributed by atoms with van der Waals surface area (Å²) >= 11 is 0. The minimum atomic E-state index is -0.503. The second-order valence-electron chi connectivity index (χ2n) is 4.96. The highest BCUT2D eigenvalue weighted by Gasteiger charge is 2.14. The third-order valence-electron chi connectivity index (χ3n) is 3.06. The first-order chi connectivity index (χ1) is 11.1. The van der Waals surface area contributed by atoms with Crippen molar-refractivity contribution in [1.82, 2.24) is 15.3 Å². The Morgan fingerprint density at radius 3 is 2.87 bits per heavy atom. The highest BCUT2D eigenvalue weighted by Crippen LogP contribution is 2.20. The summed E-state index contributed by atoms with van der Waals surface area (Å²) in [5.74, 6) is -0.613. The predicted octanol–water partition coefficient (Wildman–Crippen LogP) is 1.58. The lowest BCUT2D eigenvalue weighted by Crippen LogP contribution is -2.24. The average molecular weight is 318 g/mol. The van der Waals surface area contributed by atoms with Gasteiger partial charge >= 0.3 is 0 Å². The van der Waals surface area contributed by atoms with E-state index in [1.165, 1.54) is 12.1 Å². The van der Waals surface area contributed by atoms with E-state index in [-0.39, 0.29) is 12.1 Å². The highest BCUT2D eigenvalue weighted by molar-refractivity contribution is 5.96. The Balaban J connectivity index is 2.05. The Hall–Kier alpha value is -2.54. The molecule has 7 heteroatoms. The maximum atomic E-state index is 13.4. The molecule has 2 rings (SSSR count). The summed E-state index contributed by atoms with van der Waals surface area (Å²) in [7, 11) is 0. The van der Waals surface area contributed by atoms with Crippen molar-refractivity contribution in [2.75, 3.05) is 13.2 Å². The van der Waals surface area contributed by atoms with E-state index in [0.29, 0.717) is 31.0 Å². The number of halogens is 1. The standard InChI is InChI=1S/C16H19FN4O2/c1-11-8-20-13(9-19-11)10-21-16(22)14-7-12(17)3-4-15(14)23-6-2-5-18/h3-4,7-9H,2,5-6,10,18H2,1H3,(H,21,22). The number of benzene rings is 1. The number of aromatic nitrogens is 2. The van der Waals surface area contributed by atoms with Crippen LogP contribution in [-0.2, 0) is 6.54 Å². The van der Waals surface area contributed by atoms with Crippen molar-refractivity contribution in [2.45, 2.75) is 19.9 Å². The Kier molecular flexibility index (Phi) is 5.99. The van der Waals surface area contributed by atoms with Crippen molar-refractivity contribution in [3.8, 4) is 5.75 Å². The van der Waals surface area contributed by atoms with E-state index in [0.717, 1.165) is 11.8 Å². The van der Waals surface area contributed by atoms with Gasteiger partial charge < -0.3 is 15.8 Å². The first kappa shape index (κ1) is 16.8. The van der Waals surface area contributed by atoms with Crippen molar-refractivity contribution in [2.24, 2.45) is 5.73 Å². The minimum Gasteiger partial charge on any atom is -0.493 e. The topological polar surface area (TPSA) is 90.1 Å². The van der Waals surface area contributed by atoms with Crippen LogP contribution in [0.4, 0.5) is 4.39 Å². The number of aryl methyl sites for hydroxylation is 1. The van der Waals surface area contributed by atoms with Crippen LogP contribution in [0.2, 0.25) is 0 Å². The summed E-state index contributed by atoms with van der Waals surface area (Å²) in [6.07, 6.45) is 3.85. The third kappa shape index (κ3) is 5.00. The molecule has 0 radical (unpaired) electrons. The molecule has 0 aliphatic heterocycles. The number of nitrogens with zero attached hydrogens (tertiary/aromatic N) is 2. The molecule has 0 bridgehead atoms. The van der Waals surface area contributed by atoms with Crippen molar-refractivity contribution in [1.29, 1.82) is 0 Å². The van der Waals surface area contributed by atoms with E-state index in [2.05, 4.69) is 15.3 Å². The Bertz CT molecular complexity index is 662. The molecule has 0 unspecified atom stereocenters. The zero-order chi connectivity index (χ0) is 16.7. The van der Waals surface area contributed by atoms with Gasteiger partial charge in [0.05, 0.1) is 36.3 Å². The van der Waals surface area contributed by atoms with Gasteiger partial charge in [0.2, 0.25) is 0 Å². The fourth-order valence-corrected chi connectivity index (χ4v) is 1.85. The van der Waals surface area contributed by atoms with E-state index in [4.69, 9.17) is 10.5 Å². The lowest BCUT2D eigenvalue weighted by Gasteiger charge is -2.11. The number of nitrogens with two attached hydrogens (primary N) is 1. The number of hydrogen-bond donors (Lipinski definition) is 2. The molecule has 0 saturated carbocycles. The SMILES string of the molecule is Cc1cnc(CNC(=O)c2cc(F)ccc2OCCCN)cn1. The van der Waals surface area contributed by atoms with E-state index in [9.17, 15) is 9.18 Å². The van der Waals surface area contributed by atoms with E-state index >= 15 is 0 Å². The van der Waals surface area contributed by atoms with Crippen molar-refractivity contribution in [3.63, 3.8) is 0 Å². The van der Waals surface area contributed by atoms with Crippen LogP contribution in [0, 0.1) is 12.7 Å². The first-order valence-corrected chi connectivity index (χ1v) is 7.28. The maximum Gasteiger partial charge on any atom is 0.255 e. The second-order valence-corrected chi connectivity index (χ2v) is 4.96. The van der Waals surface area contributed by atoms with Gasteiger partial charge in [-0.05, 0) is 38.1 Å². The van der Waals surface area contributed by atoms with Crippen molar-refractivity contribution >= 4 is 5.91 Å². The number of carbonyl (C=O) groups is 1. The van der Waals surface area contributed by atoms with Crippen LogP contribution in [-0.4, -0.2) is 29.0 Å². The smallest absolute Gasteiger partial charge is 0.255 e. The molecule has 0 saturated heterocycles. The van der Waals surface area contributed by atoms with Crippen LogP contribution in [0.15, 0.2) is 30.6 Å². The van der Waals surface area contributed by atoms with Crippen LogP contribution in [0.5, 0.6) is 5.75 Å². The molecule has 6 nitrogen and oxygen atoms in total. The largest absolute Gasteiger partial charge is 0.493 e. The lowest BCUT2D eigenvalue weighted by atomic mass is 10.1. The second kappa shape index (κ2) is 8.19. The van der Waals surface area contributed by atoms with Gasteiger partial charge in [-0.1, -0.05) is 0 Å². The Morgan fingerprint density at radius 2 is 2.17 bits per heavy atom. The average Bonchev–Trinajstić information content (AvgIpc) is 2.55. The third-order valence-corrected chi connectivity index (χ3v) is 3.06. The van der Waals surface area contributed by atoms with Gasteiger partial charge in [-0.2, -0.15) is 0 Å². The normalized spacial score (nSPS) is 10.4. The molecule has 2 aromatic rings. The van der Waals surface area contributed by atoms with Gasteiger partial charge in [0.15, 0.2) is 0 Å². The summed E-state index contributed by atoms with van der Waals surface area (Å²) in [6, 6.07) is 3.83. The number of amides is 1. The molecular weight excluding hydrogens is 299 g/mol. The molecule has 1 amide bonds. The summed E-state index contributed by atoms with van der Waals surface area (Å²) < 4.78 is 18.9. The van der Waals surface area contributed by atoms with Gasteiger partial charge in [-0.25, -0.2) is 4.39 Å². The Labute approximate surface area is 133 Å².